The van der Waals surface area contributed by atoms with Crippen LogP contribution in [0.15, 0.2) is 30.9 Å². The summed E-state index contributed by atoms with van der Waals surface area (Å²) in [7, 11) is 0. The maximum absolute atomic E-state index is 12.3. The van der Waals surface area contributed by atoms with E-state index >= 15 is 0 Å². The number of aromatic nitrogens is 4. The number of carbonyl (C=O) groups excluding carboxylic acids is 1. The van der Waals surface area contributed by atoms with Gasteiger partial charge < -0.3 is 14.5 Å². The van der Waals surface area contributed by atoms with Crippen molar-refractivity contribution in [2.45, 2.75) is 59.1 Å². The molecule has 2 N–H and O–H groups in total. The Morgan fingerprint density at radius 3 is 2.70 bits per heavy atom. The number of hydrogen-bond acceptors (Lipinski definition) is 6. The van der Waals surface area contributed by atoms with Crippen LogP contribution in [0.3, 0.4) is 0 Å². The van der Waals surface area contributed by atoms with Crippen molar-refractivity contribution in [1.29, 1.82) is 0 Å². The number of ether oxygens (including phenoxy) is 1. The van der Waals surface area contributed by atoms with Gasteiger partial charge in [0.25, 0.3) is 0 Å². The fraction of sp³-hybridized carbons (Fsp3) is 0.429. The van der Waals surface area contributed by atoms with Gasteiger partial charge in [0, 0.05) is 18.5 Å². The molecule has 30 heavy (non-hydrogen) atoms. The first-order valence-corrected chi connectivity index (χ1v) is 9.87. The maximum Gasteiger partial charge on any atom is 0.412 e. The fourth-order valence-corrected chi connectivity index (χ4v) is 3.16. The lowest BCUT2D eigenvalue weighted by molar-refractivity contribution is 0.0636. The van der Waals surface area contributed by atoms with Crippen molar-refractivity contribution in [1.82, 2.24) is 19.4 Å². The Bertz CT molecular complexity index is 1060. The zero-order valence-corrected chi connectivity index (χ0v) is 17.3. The van der Waals surface area contributed by atoms with Crippen LogP contribution in [0.4, 0.5) is 16.3 Å². The van der Waals surface area contributed by atoms with Crippen molar-refractivity contribution < 1.29 is 9.53 Å². The molecule has 1 saturated carbocycles. The largest absolute Gasteiger partial charge is 0.444 e. The van der Waals surface area contributed by atoms with Gasteiger partial charge in [-0.25, -0.2) is 19.7 Å². The highest BCUT2D eigenvalue weighted by Gasteiger charge is 2.26. The molecule has 1 amide bonds. The van der Waals surface area contributed by atoms with Crippen LogP contribution in [0.5, 0.6) is 0 Å². The van der Waals surface area contributed by atoms with Gasteiger partial charge in [0.2, 0.25) is 0 Å². The van der Waals surface area contributed by atoms with Crippen LogP contribution in [0.1, 0.15) is 58.2 Å². The van der Waals surface area contributed by atoms with Gasteiger partial charge in [-0.3, -0.25) is 5.32 Å². The summed E-state index contributed by atoms with van der Waals surface area (Å²) in [6.07, 6.45) is 7.25. The summed E-state index contributed by atoms with van der Waals surface area (Å²) in [5.74, 6) is 1.15. The minimum atomic E-state index is -0.572. The van der Waals surface area contributed by atoms with Crippen LogP contribution in [0.25, 0.3) is 5.65 Å². The van der Waals surface area contributed by atoms with Gasteiger partial charge in [0.05, 0.1) is 17.9 Å². The first-order chi connectivity index (χ1) is 13.8. The lowest BCUT2D eigenvalue weighted by Crippen LogP contribution is -2.27. The molecule has 1 fully saturated rings. The zero-order chi connectivity index (χ0) is 20.6. The Hall–Kier alpha value is -2.87. The third-order valence-corrected chi connectivity index (χ3v) is 4.60. The number of rotatable bonds is 5. The predicted molar refractivity (Wildman–Crippen MR) is 118 cm³/mol. The Morgan fingerprint density at radius 1 is 1.27 bits per heavy atom. The second kappa shape index (κ2) is 8.47. The number of pyridine rings is 1. The van der Waals surface area contributed by atoms with Gasteiger partial charge in [-0.15, -0.1) is 0 Å². The quantitative estimate of drug-likeness (QED) is 0.537. The number of nitrogens with one attached hydrogen (secondary N) is 2. The molecular weight excluding hydrogens is 404 g/mol. The molecule has 0 spiro atoms. The Labute approximate surface area is 181 Å². The molecule has 0 unspecified atom stereocenters. The van der Waals surface area contributed by atoms with E-state index in [9.17, 15) is 4.79 Å². The van der Waals surface area contributed by atoms with Gasteiger partial charge in [-0.2, -0.15) is 0 Å². The number of fused-ring (bicyclic) bond motifs is 1. The highest BCUT2D eigenvalue weighted by atomic mass is 35.5. The van der Waals surface area contributed by atoms with Crippen LogP contribution < -0.4 is 10.6 Å². The third-order valence-electron chi connectivity index (χ3n) is 4.39. The summed E-state index contributed by atoms with van der Waals surface area (Å²) >= 11 is 5.90. The molecule has 9 heteroatoms. The second-order valence-corrected chi connectivity index (χ2v) is 8.52. The fourth-order valence-electron chi connectivity index (χ4n) is 3.01. The zero-order valence-electron chi connectivity index (χ0n) is 16.6. The summed E-state index contributed by atoms with van der Waals surface area (Å²) < 4.78 is 7.35. The van der Waals surface area contributed by atoms with Crippen molar-refractivity contribution in [3.05, 3.63) is 47.3 Å². The minimum Gasteiger partial charge on any atom is -0.444 e. The maximum atomic E-state index is 12.3. The Kier molecular flexibility index (Phi) is 6.17. The Balaban J connectivity index is 0.00000256. The number of nitrogens with zero attached hydrogens (tertiary/aromatic N) is 4. The number of carbonyl (C=O) groups is 1. The first-order valence-electron chi connectivity index (χ1n) is 9.50. The van der Waals surface area contributed by atoms with Crippen molar-refractivity contribution >= 4 is 34.8 Å². The van der Waals surface area contributed by atoms with Crippen LogP contribution in [0, 0.1) is 0 Å². The van der Waals surface area contributed by atoms with Crippen molar-refractivity contribution in [3.63, 3.8) is 0 Å². The van der Waals surface area contributed by atoms with Crippen molar-refractivity contribution in [2.75, 3.05) is 10.6 Å². The van der Waals surface area contributed by atoms with Gasteiger partial charge in [-0.05, 0) is 51.2 Å². The van der Waals surface area contributed by atoms with E-state index in [1.165, 1.54) is 11.9 Å². The standard InChI is InChI=1S/C20H23ClN6O2.CH4/c1-20(2,3)29-19(28)26-15-6-13(12-4-5-12)9-27-10-14(25-18(15)27)8-22-17-7-16(21)23-11-24-17;/h6-7,9-12H,4-5,8H2,1-3H3,(H,26,28)(H,22,23,24);1H4. The van der Waals surface area contributed by atoms with E-state index in [1.807, 2.05) is 37.4 Å². The topological polar surface area (TPSA) is 93.4 Å². The van der Waals surface area contributed by atoms with Crippen molar-refractivity contribution in [3.8, 4) is 0 Å². The molecule has 0 bridgehead atoms. The molecule has 8 nitrogen and oxygen atoms in total. The smallest absolute Gasteiger partial charge is 0.412 e. The van der Waals surface area contributed by atoms with Gasteiger partial charge in [-0.1, -0.05) is 19.0 Å². The first kappa shape index (κ1) is 21.8. The molecule has 0 aliphatic heterocycles. The molecular formula is C21H27ClN6O2. The van der Waals surface area contributed by atoms with E-state index in [0.717, 1.165) is 18.5 Å². The third kappa shape index (κ3) is 5.38. The van der Waals surface area contributed by atoms with E-state index < -0.39 is 11.7 Å². The van der Waals surface area contributed by atoms with Crippen molar-refractivity contribution in [2.24, 2.45) is 0 Å². The van der Waals surface area contributed by atoms with E-state index in [2.05, 4.69) is 31.8 Å². The number of amides is 1. The molecule has 1 aliphatic rings. The molecule has 0 saturated heterocycles. The summed E-state index contributed by atoms with van der Waals surface area (Å²) in [5.41, 5.74) is 2.72. The highest BCUT2D eigenvalue weighted by Crippen LogP contribution is 2.41. The van der Waals surface area contributed by atoms with Crippen LogP contribution in [-0.2, 0) is 11.3 Å². The molecule has 160 valence electrons. The molecule has 3 aromatic heterocycles. The molecule has 0 radical (unpaired) electrons. The molecule has 0 aromatic carbocycles. The van der Waals surface area contributed by atoms with Crippen LogP contribution in [-0.4, -0.2) is 31.0 Å². The highest BCUT2D eigenvalue weighted by molar-refractivity contribution is 6.29. The number of halogens is 1. The normalized spacial score (nSPS) is 13.6. The van der Waals surface area contributed by atoms with Crippen LogP contribution >= 0.6 is 11.6 Å². The van der Waals surface area contributed by atoms with E-state index in [0.29, 0.717) is 34.8 Å². The van der Waals surface area contributed by atoms with Gasteiger partial charge in [0.1, 0.15) is 22.9 Å². The average molecular weight is 431 g/mol. The summed E-state index contributed by atoms with van der Waals surface area (Å²) in [6, 6.07) is 3.64. The summed E-state index contributed by atoms with van der Waals surface area (Å²) in [5, 5.41) is 6.41. The van der Waals surface area contributed by atoms with E-state index in [-0.39, 0.29) is 7.43 Å². The van der Waals surface area contributed by atoms with E-state index in [4.69, 9.17) is 16.3 Å². The summed E-state index contributed by atoms with van der Waals surface area (Å²) in [6.45, 7) is 5.96. The molecule has 0 atom stereocenters. The predicted octanol–water partition coefficient (Wildman–Crippen LogP) is 5.25. The second-order valence-electron chi connectivity index (χ2n) is 8.13. The SMILES string of the molecule is C.CC(C)(C)OC(=O)Nc1cc(C2CC2)cn2cc(CNc3cc(Cl)ncn3)nc12. The lowest BCUT2D eigenvalue weighted by Gasteiger charge is -2.20. The molecule has 1 aliphatic carbocycles. The van der Waals surface area contributed by atoms with Gasteiger partial charge in [0.15, 0.2) is 5.65 Å². The van der Waals surface area contributed by atoms with E-state index in [1.54, 1.807) is 6.07 Å². The lowest BCUT2D eigenvalue weighted by atomic mass is 10.2. The molecule has 4 rings (SSSR count). The average Bonchev–Trinajstić information content (AvgIpc) is 3.38. The van der Waals surface area contributed by atoms with Gasteiger partial charge >= 0.3 is 6.09 Å². The minimum absolute atomic E-state index is 0. The summed E-state index contributed by atoms with van der Waals surface area (Å²) in [4.78, 5) is 25.0. The number of imidazole rings is 1. The number of anilines is 2. The monoisotopic (exact) mass is 430 g/mol. The van der Waals surface area contributed by atoms with Crippen LogP contribution in [0.2, 0.25) is 5.15 Å². The molecule has 3 aromatic rings. The Morgan fingerprint density at radius 2 is 2.03 bits per heavy atom. The molecule has 3 heterocycles. The number of hydrogen-bond donors (Lipinski definition) is 2.